The van der Waals surface area contributed by atoms with Gasteiger partial charge in [0.05, 0.1) is 6.07 Å². The molecule has 0 atom stereocenters. The average molecular weight is 214 g/mol. The molecule has 58 valence electrons. The summed E-state index contributed by atoms with van der Waals surface area (Å²) in [5, 5.41) is 8.28. The number of halogens is 1. The normalized spacial score (nSPS) is 9.45. The molecule has 0 saturated heterocycles. The Bertz CT molecular complexity index is 261. The second-order valence-corrected chi connectivity index (χ2v) is 2.86. The minimum Gasteiger partial charge on any atom is -0.326 e. The van der Waals surface area contributed by atoms with Crippen molar-refractivity contribution < 1.29 is 0 Å². The number of hydrogen-bond donors (Lipinski definition) is 0. The number of imidazole rings is 1. The van der Waals surface area contributed by atoms with Gasteiger partial charge in [-0.05, 0) is 22.4 Å². The van der Waals surface area contributed by atoms with Crippen molar-refractivity contribution >= 4 is 15.9 Å². The minimum absolute atomic E-state index is 0.602. The molecule has 0 fully saturated rings. The number of aryl methyl sites for hydroxylation is 1. The first-order valence-corrected chi connectivity index (χ1v) is 4.17. The van der Waals surface area contributed by atoms with Crippen molar-refractivity contribution in [2.45, 2.75) is 19.4 Å². The molecule has 0 N–H and O–H groups in total. The van der Waals surface area contributed by atoms with Crippen LogP contribution < -0.4 is 0 Å². The molecule has 0 spiro atoms. The van der Waals surface area contributed by atoms with Crippen LogP contribution in [-0.4, -0.2) is 9.55 Å². The summed E-state index contributed by atoms with van der Waals surface area (Å²) >= 11 is 3.29. The molecule has 4 heteroatoms. The van der Waals surface area contributed by atoms with E-state index in [4.69, 9.17) is 5.26 Å². The fourth-order valence-electron chi connectivity index (χ4n) is 0.806. The van der Waals surface area contributed by atoms with Gasteiger partial charge in [0.25, 0.3) is 0 Å². The molecule has 3 nitrogen and oxygen atoms in total. The molecule has 1 aromatic rings. The summed E-state index contributed by atoms with van der Waals surface area (Å²) in [6.07, 6.45) is 5.11. The van der Waals surface area contributed by atoms with Crippen molar-refractivity contribution in [3.63, 3.8) is 0 Å². The summed E-state index contributed by atoms with van der Waals surface area (Å²) in [4.78, 5) is 3.99. The smallest absolute Gasteiger partial charge is 0.177 e. The third-order valence-corrected chi connectivity index (χ3v) is 2.01. The lowest BCUT2D eigenvalue weighted by molar-refractivity contribution is 0.640. The highest BCUT2D eigenvalue weighted by atomic mass is 79.9. The first-order chi connectivity index (χ1) is 5.34. The monoisotopic (exact) mass is 213 g/mol. The Balaban J connectivity index is 2.40. The molecule has 1 heterocycles. The molecule has 1 aromatic heterocycles. The number of rotatable bonds is 3. The summed E-state index contributed by atoms with van der Waals surface area (Å²) in [5.41, 5.74) is 0. The Morgan fingerprint density at radius 2 is 2.55 bits per heavy atom. The van der Waals surface area contributed by atoms with E-state index in [2.05, 4.69) is 27.0 Å². The van der Waals surface area contributed by atoms with E-state index in [0.29, 0.717) is 6.42 Å². The highest BCUT2D eigenvalue weighted by Crippen LogP contribution is 2.06. The fraction of sp³-hybridized carbons (Fsp3) is 0.429. The maximum Gasteiger partial charge on any atom is 0.177 e. The van der Waals surface area contributed by atoms with Gasteiger partial charge in [0.2, 0.25) is 0 Å². The Morgan fingerprint density at radius 1 is 1.73 bits per heavy atom. The zero-order chi connectivity index (χ0) is 8.10. The van der Waals surface area contributed by atoms with E-state index in [9.17, 15) is 0 Å². The van der Waals surface area contributed by atoms with E-state index >= 15 is 0 Å². The van der Waals surface area contributed by atoms with Gasteiger partial charge in [-0.1, -0.05) is 0 Å². The summed E-state index contributed by atoms with van der Waals surface area (Å²) in [6.45, 7) is 0.855. The van der Waals surface area contributed by atoms with E-state index < -0.39 is 0 Å². The molecule has 11 heavy (non-hydrogen) atoms. The molecule has 0 saturated carbocycles. The molecule has 1 rings (SSSR count). The van der Waals surface area contributed by atoms with E-state index in [0.717, 1.165) is 17.7 Å². The van der Waals surface area contributed by atoms with Crippen LogP contribution in [0.25, 0.3) is 0 Å². The molecule has 0 aliphatic rings. The topological polar surface area (TPSA) is 41.6 Å². The van der Waals surface area contributed by atoms with Crippen LogP contribution in [-0.2, 0) is 6.54 Å². The van der Waals surface area contributed by atoms with Crippen molar-refractivity contribution in [2.75, 3.05) is 0 Å². The van der Waals surface area contributed by atoms with Gasteiger partial charge in [0.15, 0.2) is 4.73 Å². The summed E-state index contributed by atoms with van der Waals surface area (Å²) < 4.78 is 2.80. The predicted molar refractivity (Wildman–Crippen MR) is 44.8 cm³/mol. The van der Waals surface area contributed by atoms with Crippen LogP contribution in [0.4, 0.5) is 0 Å². The third kappa shape index (κ3) is 2.35. The van der Waals surface area contributed by atoms with E-state index in [1.165, 1.54) is 0 Å². The lowest BCUT2D eigenvalue weighted by Gasteiger charge is -1.99. The molecule has 0 amide bonds. The van der Waals surface area contributed by atoms with Gasteiger partial charge in [0, 0.05) is 25.4 Å². The van der Waals surface area contributed by atoms with Gasteiger partial charge in [-0.15, -0.1) is 0 Å². The molecule has 0 radical (unpaired) electrons. The van der Waals surface area contributed by atoms with Gasteiger partial charge < -0.3 is 4.57 Å². The van der Waals surface area contributed by atoms with E-state index in [-0.39, 0.29) is 0 Å². The van der Waals surface area contributed by atoms with Gasteiger partial charge in [-0.2, -0.15) is 5.26 Å². The van der Waals surface area contributed by atoms with Crippen molar-refractivity contribution in [3.8, 4) is 6.07 Å². The minimum atomic E-state index is 0.602. The average Bonchev–Trinajstić information content (AvgIpc) is 2.37. The van der Waals surface area contributed by atoms with Crippen molar-refractivity contribution in [2.24, 2.45) is 0 Å². The standard InChI is InChI=1S/C7H8BrN3/c8-7-10-4-6-11(7)5-2-1-3-9/h4,6H,1-2,5H2. The first-order valence-electron chi connectivity index (χ1n) is 3.38. The van der Waals surface area contributed by atoms with E-state index in [1.54, 1.807) is 6.20 Å². The van der Waals surface area contributed by atoms with Crippen LogP contribution in [0.3, 0.4) is 0 Å². The van der Waals surface area contributed by atoms with Crippen molar-refractivity contribution in [1.29, 1.82) is 5.26 Å². The van der Waals surface area contributed by atoms with E-state index in [1.807, 2.05) is 10.8 Å². The molecule has 0 aliphatic carbocycles. The van der Waals surface area contributed by atoms with Crippen LogP contribution in [0.1, 0.15) is 12.8 Å². The zero-order valence-corrected chi connectivity index (χ0v) is 7.58. The lowest BCUT2D eigenvalue weighted by atomic mass is 10.3. The Morgan fingerprint density at radius 3 is 3.09 bits per heavy atom. The van der Waals surface area contributed by atoms with Gasteiger partial charge in [-0.3, -0.25) is 0 Å². The summed E-state index contributed by atoms with van der Waals surface area (Å²) in [5.74, 6) is 0. The predicted octanol–water partition coefficient (Wildman–Crippen LogP) is 1.95. The molecular weight excluding hydrogens is 206 g/mol. The van der Waals surface area contributed by atoms with Crippen molar-refractivity contribution in [3.05, 3.63) is 17.1 Å². The van der Waals surface area contributed by atoms with Crippen molar-refractivity contribution in [1.82, 2.24) is 9.55 Å². The zero-order valence-electron chi connectivity index (χ0n) is 6.00. The summed E-state index contributed by atoms with van der Waals surface area (Å²) in [7, 11) is 0. The van der Waals surface area contributed by atoms with Crippen LogP contribution in [0.2, 0.25) is 0 Å². The summed E-state index contributed by atoms with van der Waals surface area (Å²) in [6, 6.07) is 2.10. The highest BCUT2D eigenvalue weighted by Gasteiger charge is 1.95. The highest BCUT2D eigenvalue weighted by molar-refractivity contribution is 9.10. The molecular formula is C7H8BrN3. The largest absolute Gasteiger partial charge is 0.326 e. The quantitative estimate of drug-likeness (QED) is 0.721. The van der Waals surface area contributed by atoms with Crippen LogP contribution >= 0.6 is 15.9 Å². The fourth-order valence-corrected chi connectivity index (χ4v) is 1.22. The van der Waals surface area contributed by atoms with Crippen LogP contribution in [0.15, 0.2) is 17.1 Å². The maximum absolute atomic E-state index is 8.28. The first kappa shape index (κ1) is 8.28. The number of nitriles is 1. The Kier molecular flexibility index (Phi) is 3.12. The van der Waals surface area contributed by atoms with Crippen LogP contribution in [0.5, 0.6) is 0 Å². The number of unbranched alkanes of at least 4 members (excludes halogenated alkanes) is 1. The lowest BCUT2D eigenvalue weighted by Crippen LogP contribution is -1.95. The molecule has 0 aromatic carbocycles. The maximum atomic E-state index is 8.28. The van der Waals surface area contributed by atoms with Gasteiger partial charge >= 0.3 is 0 Å². The molecule has 0 bridgehead atoms. The number of aromatic nitrogens is 2. The molecule has 0 unspecified atom stereocenters. The number of nitrogens with zero attached hydrogens (tertiary/aromatic N) is 3. The van der Waals surface area contributed by atoms with Crippen LogP contribution in [0, 0.1) is 11.3 Å². The second-order valence-electron chi connectivity index (χ2n) is 2.15. The second kappa shape index (κ2) is 4.14. The Labute approximate surface area is 73.8 Å². The number of hydrogen-bond acceptors (Lipinski definition) is 2. The SMILES string of the molecule is N#CCCCn1ccnc1Br. The molecule has 0 aliphatic heterocycles. The van der Waals surface area contributed by atoms with Gasteiger partial charge in [-0.25, -0.2) is 4.98 Å². The van der Waals surface area contributed by atoms with Gasteiger partial charge in [0.1, 0.15) is 0 Å². The third-order valence-electron chi connectivity index (χ3n) is 1.35. The Hall–Kier alpha value is -0.820.